The molecule has 1 aromatic carbocycles. The first-order valence-electron chi connectivity index (χ1n) is 7.93. The van der Waals surface area contributed by atoms with Gasteiger partial charge in [0.05, 0.1) is 18.2 Å². The van der Waals surface area contributed by atoms with Crippen LogP contribution in [0.25, 0.3) is 0 Å². The Bertz CT molecular complexity index is 822. The van der Waals surface area contributed by atoms with Crippen LogP contribution in [-0.4, -0.2) is 44.0 Å². The average molecular weight is 399 g/mol. The lowest BCUT2D eigenvalue weighted by molar-refractivity contribution is 0.0730. The molecular weight excluding hydrogens is 380 g/mol. The molecule has 1 saturated heterocycles. The number of morpholine rings is 1. The Labute approximate surface area is 157 Å². The summed E-state index contributed by atoms with van der Waals surface area (Å²) in [5, 5.41) is 1.59. The fraction of sp³-hybridized carbons (Fsp3) is 0.353. The molecule has 0 radical (unpaired) electrons. The molecule has 0 amide bonds. The van der Waals surface area contributed by atoms with Crippen LogP contribution < -0.4 is 0 Å². The van der Waals surface area contributed by atoms with E-state index in [9.17, 15) is 8.42 Å². The van der Waals surface area contributed by atoms with Crippen molar-refractivity contribution in [2.24, 2.45) is 0 Å². The summed E-state index contributed by atoms with van der Waals surface area (Å²) in [6, 6.07) is 11.0. The molecule has 0 bridgehead atoms. The second-order valence-electron chi connectivity index (χ2n) is 5.63. The summed E-state index contributed by atoms with van der Waals surface area (Å²) >= 11 is 7.77. The molecule has 0 N–H and O–H groups in total. The number of rotatable bonds is 5. The van der Waals surface area contributed by atoms with Crippen LogP contribution in [0.5, 0.6) is 0 Å². The Morgan fingerprint density at radius 1 is 1.20 bits per heavy atom. The van der Waals surface area contributed by atoms with Gasteiger partial charge in [0.1, 0.15) is 4.90 Å². The first kappa shape index (κ1) is 18.7. The average Bonchev–Trinajstić information content (AvgIpc) is 2.63. The Hall–Kier alpha value is -1.12. The van der Waals surface area contributed by atoms with Crippen LogP contribution in [0.15, 0.2) is 52.5 Å². The number of pyridine rings is 1. The molecule has 0 unspecified atom stereocenters. The minimum absolute atomic E-state index is 0.114. The number of hydrogen-bond acceptors (Lipinski definition) is 5. The van der Waals surface area contributed by atoms with E-state index in [-0.39, 0.29) is 10.1 Å². The molecule has 0 spiro atoms. The van der Waals surface area contributed by atoms with Gasteiger partial charge in [0.15, 0.2) is 0 Å². The van der Waals surface area contributed by atoms with Crippen molar-refractivity contribution in [1.82, 2.24) is 9.29 Å². The van der Waals surface area contributed by atoms with E-state index in [0.717, 1.165) is 10.6 Å². The largest absolute Gasteiger partial charge is 0.379 e. The summed E-state index contributed by atoms with van der Waals surface area (Å²) in [6.07, 6.45) is 1.42. The third-order valence-electron chi connectivity index (χ3n) is 3.96. The number of halogens is 1. The SMILES string of the molecule is C[C@@H](Sc1ccc(S(=O)(=O)N2CCOCC2)cn1)c1ccccc1Cl. The van der Waals surface area contributed by atoms with E-state index >= 15 is 0 Å². The van der Waals surface area contributed by atoms with E-state index in [1.54, 1.807) is 23.9 Å². The van der Waals surface area contributed by atoms with Crippen LogP contribution in [0.2, 0.25) is 5.02 Å². The smallest absolute Gasteiger partial charge is 0.244 e. The van der Waals surface area contributed by atoms with Gasteiger partial charge in [0.2, 0.25) is 10.0 Å². The van der Waals surface area contributed by atoms with Gasteiger partial charge in [0, 0.05) is 29.6 Å². The van der Waals surface area contributed by atoms with Gasteiger partial charge in [-0.1, -0.05) is 41.6 Å². The zero-order valence-corrected chi connectivity index (χ0v) is 16.1. The molecule has 2 heterocycles. The maximum Gasteiger partial charge on any atom is 0.244 e. The summed E-state index contributed by atoms with van der Waals surface area (Å²) < 4.78 is 31.8. The predicted molar refractivity (Wildman–Crippen MR) is 99.5 cm³/mol. The van der Waals surface area contributed by atoms with E-state index in [1.165, 1.54) is 10.5 Å². The number of thioether (sulfide) groups is 1. The first-order chi connectivity index (χ1) is 12.0. The zero-order chi connectivity index (χ0) is 17.9. The zero-order valence-electron chi connectivity index (χ0n) is 13.8. The molecule has 1 atom stereocenters. The lowest BCUT2D eigenvalue weighted by atomic mass is 10.2. The second-order valence-corrected chi connectivity index (χ2v) is 9.34. The lowest BCUT2D eigenvalue weighted by Gasteiger charge is -2.25. The highest BCUT2D eigenvalue weighted by atomic mass is 35.5. The molecule has 134 valence electrons. The molecule has 0 saturated carbocycles. The minimum atomic E-state index is -3.51. The molecular formula is C17H19ClN2O3S2. The fourth-order valence-electron chi connectivity index (χ4n) is 2.57. The van der Waals surface area contributed by atoms with Crippen LogP contribution in [-0.2, 0) is 14.8 Å². The second kappa shape index (κ2) is 8.05. The van der Waals surface area contributed by atoms with Crippen molar-refractivity contribution >= 4 is 33.4 Å². The van der Waals surface area contributed by atoms with Gasteiger partial charge in [-0.2, -0.15) is 4.31 Å². The summed E-state index contributed by atoms with van der Waals surface area (Å²) in [6.45, 7) is 3.66. The molecule has 8 heteroatoms. The van der Waals surface area contributed by atoms with E-state index in [1.807, 2.05) is 31.2 Å². The highest BCUT2D eigenvalue weighted by molar-refractivity contribution is 7.99. The summed E-state index contributed by atoms with van der Waals surface area (Å²) in [5.74, 6) is 0. The van der Waals surface area contributed by atoms with Crippen LogP contribution in [0.1, 0.15) is 17.7 Å². The van der Waals surface area contributed by atoms with Crippen LogP contribution in [0.4, 0.5) is 0 Å². The minimum Gasteiger partial charge on any atom is -0.379 e. The summed E-state index contributed by atoms with van der Waals surface area (Å²) in [4.78, 5) is 4.53. The van der Waals surface area contributed by atoms with Gasteiger partial charge in [-0.3, -0.25) is 0 Å². The maximum atomic E-state index is 12.6. The molecule has 0 aliphatic carbocycles. The number of benzene rings is 1. The van der Waals surface area contributed by atoms with Gasteiger partial charge in [-0.15, -0.1) is 0 Å². The molecule has 1 fully saturated rings. The van der Waals surface area contributed by atoms with E-state index in [0.29, 0.717) is 31.3 Å². The van der Waals surface area contributed by atoms with Gasteiger partial charge >= 0.3 is 0 Å². The predicted octanol–water partition coefficient (Wildman–Crippen LogP) is 3.61. The third-order valence-corrected chi connectivity index (χ3v) is 7.27. The van der Waals surface area contributed by atoms with Crippen LogP contribution >= 0.6 is 23.4 Å². The molecule has 1 aliphatic heterocycles. The van der Waals surface area contributed by atoms with Gasteiger partial charge in [-0.25, -0.2) is 13.4 Å². The van der Waals surface area contributed by atoms with Crippen molar-refractivity contribution in [2.75, 3.05) is 26.3 Å². The molecule has 25 heavy (non-hydrogen) atoms. The van der Waals surface area contributed by atoms with Crippen molar-refractivity contribution < 1.29 is 13.2 Å². The first-order valence-corrected chi connectivity index (χ1v) is 10.6. The normalized spacial score (nSPS) is 17.4. The Morgan fingerprint density at radius 2 is 1.92 bits per heavy atom. The Kier molecular flexibility index (Phi) is 6.01. The molecule has 3 rings (SSSR count). The van der Waals surface area contributed by atoms with Crippen molar-refractivity contribution in [1.29, 1.82) is 0 Å². The summed E-state index contributed by atoms with van der Waals surface area (Å²) in [5.41, 5.74) is 1.03. The maximum absolute atomic E-state index is 12.6. The molecule has 1 aliphatic rings. The van der Waals surface area contributed by atoms with Gasteiger partial charge < -0.3 is 4.74 Å². The molecule has 5 nitrogen and oxygen atoms in total. The van der Waals surface area contributed by atoms with Crippen molar-refractivity contribution in [3.63, 3.8) is 0 Å². The number of nitrogens with zero attached hydrogens (tertiary/aromatic N) is 2. The highest BCUT2D eigenvalue weighted by Crippen LogP contribution is 2.37. The number of aromatic nitrogens is 1. The van der Waals surface area contributed by atoms with Crippen LogP contribution in [0.3, 0.4) is 0 Å². The molecule has 2 aromatic rings. The highest BCUT2D eigenvalue weighted by Gasteiger charge is 2.26. The van der Waals surface area contributed by atoms with E-state index in [2.05, 4.69) is 4.98 Å². The summed E-state index contributed by atoms with van der Waals surface area (Å²) in [7, 11) is -3.51. The van der Waals surface area contributed by atoms with E-state index < -0.39 is 10.0 Å². The topological polar surface area (TPSA) is 59.5 Å². The number of hydrogen-bond donors (Lipinski definition) is 0. The molecule has 1 aromatic heterocycles. The van der Waals surface area contributed by atoms with Gasteiger partial charge in [-0.05, 0) is 30.7 Å². The van der Waals surface area contributed by atoms with Crippen molar-refractivity contribution in [3.8, 4) is 0 Å². The monoisotopic (exact) mass is 398 g/mol. The van der Waals surface area contributed by atoms with Crippen molar-refractivity contribution in [3.05, 3.63) is 53.2 Å². The Morgan fingerprint density at radius 3 is 2.56 bits per heavy atom. The fourth-order valence-corrected chi connectivity index (χ4v) is 5.25. The van der Waals surface area contributed by atoms with Crippen molar-refractivity contribution in [2.45, 2.75) is 22.1 Å². The third kappa shape index (κ3) is 4.35. The van der Waals surface area contributed by atoms with Crippen LogP contribution in [0, 0.1) is 0 Å². The number of sulfonamides is 1. The van der Waals surface area contributed by atoms with E-state index in [4.69, 9.17) is 16.3 Å². The Balaban J connectivity index is 1.73. The van der Waals surface area contributed by atoms with Gasteiger partial charge in [0.25, 0.3) is 0 Å². The number of ether oxygens (including phenoxy) is 1. The quantitative estimate of drug-likeness (QED) is 0.720. The standard InChI is InChI=1S/C17H19ClN2O3S2/c1-13(15-4-2-3-5-16(15)18)24-17-7-6-14(12-19-17)25(21,22)20-8-10-23-11-9-20/h2-7,12-13H,8-11H2,1H3/t13-/m1/s1. The lowest BCUT2D eigenvalue weighted by Crippen LogP contribution is -2.40.